The molecule has 0 aromatic heterocycles. The first-order chi connectivity index (χ1) is 18.4. The van der Waals surface area contributed by atoms with Gasteiger partial charge in [-0.25, -0.2) is 0 Å². The van der Waals surface area contributed by atoms with Crippen molar-refractivity contribution in [1.82, 2.24) is 5.06 Å². The van der Waals surface area contributed by atoms with Crippen LogP contribution >= 0.6 is 0 Å². The molecular weight excluding hydrogens is 649 g/mol. The van der Waals surface area contributed by atoms with E-state index in [0.717, 1.165) is 7.05 Å². The highest BCUT2D eigenvalue weighted by Crippen LogP contribution is 2.64. The third kappa shape index (κ3) is 5.95. The van der Waals surface area contributed by atoms with E-state index in [1.165, 1.54) is 0 Å². The fourth-order valence-corrected chi connectivity index (χ4v) is 3.31. The fraction of sp³-hybridized carbons (Fsp3) is 1.00. The van der Waals surface area contributed by atoms with E-state index in [-0.39, 0.29) is 0 Å². The molecule has 0 aromatic carbocycles. The van der Waals surface area contributed by atoms with Crippen molar-refractivity contribution in [2.75, 3.05) is 20.3 Å². The summed E-state index contributed by atoms with van der Waals surface area (Å²) in [6.45, 7) is -2.31. The molecule has 0 radical (unpaired) electrons. The number of ether oxygens (including phenoxy) is 1. The van der Waals surface area contributed by atoms with Crippen LogP contribution in [0, 0.1) is 0 Å². The molecule has 0 aliphatic carbocycles. The summed E-state index contributed by atoms with van der Waals surface area (Å²) in [4.78, 5) is 4.61. The van der Waals surface area contributed by atoms with Crippen LogP contribution in [0.3, 0.4) is 0 Å². The van der Waals surface area contributed by atoms with Gasteiger partial charge in [-0.1, -0.05) is 0 Å². The first-order valence-electron chi connectivity index (χ1n) is 10.8. The average molecular weight is 669 g/mol. The molecule has 1 fully saturated rings. The van der Waals surface area contributed by atoms with Crippen molar-refractivity contribution in [2.45, 2.75) is 91.1 Å². The van der Waals surface area contributed by atoms with E-state index in [2.05, 4.69) is 4.84 Å². The molecule has 42 heavy (non-hydrogen) atoms. The summed E-state index contributed by atoms with van der Waals surface area (Å²) in [5.41, 5.74) is 0. The quantitative estimate of drug-likeness (QED) is 0.136. The second kappa shape index (κ2) is 11.8. The first-order valence-corrected chi connectivity index (χ1v) is 10.8. The van der Waals surface area contributed by atoms with Crippen molar-refractivity contribution in [1.29, 1.82) is 0 Å². The van der Waals surface area contributed by atoms with Crippen LogP contribution in [0.25, 0.3) is 0 Å². The van der Waals surface area contributed by atoms with Gasteiger partial charge in [0.25, 0.3) is 0 Å². The highest BCUT2D eigenvalue weighted by Gasteiger charge is 2.95. The molecule has 0 saturated carbocycles. The number of likely N-dealkylation sites (N-methyl/N-ethyl adjacent to an activating group) is 1. The molecule has 1 rings (SSSR count). The number of rotatable bonds is 13. The summed E-state index contributed by atoms with van der Waals surface area (Å²) in [5, 5.41) is 38.5. The average Bonchev–Trinajstić information content (AvgIpc) is 2.83. The van der Waals surface area contributed by atoms with Gasteiger partial charge < -0.3 is 25.2 Å². The van der Waals surface area contributed by atoms with Gasteiger partial charge in [-0.15, -0.1) is 0 Å². The Morgan fingerprint density at radius 1 is 0.619 bits per heavy atom. The molecule has 0 bridgehead atoms. The van der Waals surface area contributed by atoms with Crippen LogP contribution in [-0.4, -0.2) is 124 Å². The monoisotopic (exact) mass is 669 g/mol. The summed E-state index contributed by atoms with van der Waals surface area (Å²) in [5.74, 6) is -57.0. The molecule has 252 valence electrons. The lowest BCUT2D eigenvalue weighted by atomic mass is 9.88. The molecule has 0 spiro atoms. The molecule has 4 N–H and O–H groups in total. The number of hydrogen-bond donors (Lipinski definition) is 4. The number of nitrogens with zero attached hydrogens (tertiary/aromatic N) is 1. The van der Waals surface area contributed by atoms with Gasteiger partial charge in [0.1, 0.15) is 24.4 Å². The lowest BCUT2D eigenvalue weighted by Crippen LogP contribution is -2.74. The minimum atomic E-state index is -8.71. The van der Waals surface area contributed by atoms with E-state index < -0.39 is 104 Å². The number of aliphatic hydroxyl groups excluding tert-OH is 4. The Hall–Kier alpha value is -1.47. The Balaban J connectivity index is 3.11. The number of halogens is 17. The van der Waals surface area contributed by atoms with Crippen LogP contribution in [-0.2, 0) is 9.57 Å². The molecule has 1 aliphatic heterocycles. The van der Waals surface area contributed by atoms with E-state index in [1.54, 1.807) is 0 Å². The van der Waals surface area contributed by atoms with Gasteiger partial charge in [0.15, 0.2) is 6.23 Å². The molecule has 1 aliphatic rings. The molecule has 0 amide bonds. The molecule has 24 heteroatoms. The Bertz CT molecular complexity index is 915. The van der Waals surface area contributed by atoms with Gasteiger partial charge in [0.05, 0.1) is 13.2 Å². The maximum Gasteiger partial charge on any atom is 0.460 e. The lowest BCUT2D eigenvalue weighted by molar-refractivity contribution is -0.461. The molecule has 0 aromatic rings. The van der Waals surface area contributed by atoms with E-state index in [0.29, 0.717) is 5.06 Å². The van der Waals surface area contributed by atoms with Crippen LogP contribution in [0.15, 0.2) is 0 Å². The topological polar surface area (TPSA) is 103 Å². The van der Waals surface area contributed by atoms with Gasteiger partial charge >= 0.3 is 47.6 Å². The maximum absolute atomic E-state index is 13.9. The molecule has 7 nitrogen and oxygen atoms in total. The SMILES string of the molecule is CN(OCCCC(F)(F)C(F)(F)C(F)(F)C(F)(F)C(F)(F)C(F)(F)C(F)(F)C(F)(F)F)[C@@H]1O[C@H](CO)[C@@H](O)[C@H](O)[C@@H]1O. The summed E-state index contributed by atoms with van der Waals surface area (Å²) in [7, 11) is 0.785. The number of alkyl halides is 17. The predicted molar refractivity (Wildman–Crippen MR) is 97.4 cm³/mol. The Kier molecular flexibility index (Phi) is 10.8. The van der Waals surface area contributed by atoms with Crippen molar-refractivity contribution in [3.05, 3.63) is 0 Å². The van der Waals surface area contributed by atoms with E-state index in [9.17, 15) is 90.0 Å². The fourth-order valence-electron chi connectivity index (χ4n) is 3.31. The molecular formula is C18H20F17NO6. The van der Waals surface area contributed by atoms with E-state index in [4.69, 9.17) is 9.84 Å². The lowest BCUT2D eigenvalue weighted by Gasteiger charge is -2.43. The summed E-state index contributed by atoms with van der Waals surface area (Å²) >= 11 is 0. The van der Waals surface area contributed by atoms with Crippen LogP contribution in [0.1, 0.15) is 12.8 Å². The minimum Gasteiger partial charge on any atom is -0.394 e. The number of aliphatic hydroxyl groups is 4. The van der Waals surface area contributed by atoms with Gasteiger partial charge in [0, 0.05) is 13.5 Å². The van der Waals surface area contributed by atoms with Crippen LogP contribution < -0.4 is 0 Å². The number of hydrogen-bond acceptors (Lipinski definition) is 7. The van der Waals surface area contributed by atoms with Gasteiger partial charge in [-0.05, 0) is 6.42 Å². The normalized spacial score (nSPS) is 26.2. The van der Waals surface area contributed by atoms with E-state index >= 15 is 0 Å². The molecule has 1 heterocycles. The summed E-state index contributed by atoms with van der Waals surface area (Å²) in [6, 6.07) is 0. The van der Waals surface area contributed by atoms with Crippen molar-refractivity contribution < 1.29 is 105 Å². The third-order valence-electron chi connectivity index (χ3n) is 5.94. The Morgan fingerprint density at radius 3 is 1.43 bits per heavy atom. The van der Waals surface area contributed by atoms with E-state index in [1.807, 2.05) is 0 Å². The highest BCUT2D eigenvalue weighted by molar-refractivity contribution is 5.15. The van der Waals surface area contributed by atoms with Gasteiger partial charge in [0.2, 0.25) is 0 Å². The number of hydroxylamine groups is 2. The molecule has 1 saturated heterocycles. The van der Waals surface area contributed by atoms with Crippen LogP contribution in [0.4, 0.5) is 74.6 Å². The molecule has 0 unspecified atom stereocenters. The van der Waals surface area contributed by atoms with Crippen molar-refractivity contribution in [3.63, 3.8) is 0 Å². The zero-order chi connectivity index (χ0) is 33.7. The van der Waals surface area contributed by atoms with Gasteiger partial charge in [-0.2, -0.15) is 79.7 Å². The van der Waals surface area contributed by atoms with Crippen molar-refractivity contribution in [3.8, 4) is 0 Å². The van der Waals surface area contributed by atoms with Gasteiger partial charge in [-0.3, -0.25) is 4.84 Å². The third-order valence-corrected chi connectivity index (χ3v) is 5.94. The smallest absolute Gasteiger partial charge is 0.394 e. The van der Waals surface area contributed by atoms with Crippen molar-refractivity contribution in [2.24, 2.45) is 0 Å². The first kappa shape index (κ1) is 38.6. The zero-order valence-corrected chi connectivity index (χ0v) is 20.2. The van der Waals surface area contributed by atoms with Crippen LogP contribution in [0.5, 0.6) is 0 Å². The second-order valence-electron chi connectivity index (χ2n) is 8.85. The summed E-state index contributed by atoms with van der Waals surface area (Å²) < 4.78 is 231. The highest BCUT2D eigenvalue weighted by atomic mass is 19.4. The predicted octanol–water partition coefficient (Wildman–Crippen LogP) is 3.44. The Morgan fingerprint density at radius 2 is 1.02 bits per heavy atom. The summed E-state index contributed by atoms with van der Waals surface area (Å²) in [6.07, 6.45) is -21.6. The Labute approximate surface area is 222 Å². The minimum absolute atomic E-state index is 0.338. The van der Waals surface area contributed by atoms with Crippen LogP contribution in [0.2, 0.25) is 0 Å². The largest absolute Gasteiger partial charge is 0.460 e. The zero-order valence-electron chi connectivity index (χ0n) is 20.2. The maximum atomic E-state index is 13.9. The molecule has 5 atom stereocenters. The standard InChI is InChI=1S/C18H20F17NO6/c1-36(10-9(40)8(39)7(38)6(5-37)42-10)41-4-2-3-11(19,20)12(21,22)13(23,24)14(25,26)15(27,28)16(29,30)17(31,32)18(33,34)35/h6-10,37-40H,2-5H2,1H3/t6-,7-,8+,9+,10-/m1/s1. The second-order valence-corrected chi connectivity index (χ2v) is 8.85. The van der Waals surface area contributed by atoms with Crippen molar-refractivity contribution >= 4 is 0 Å².